The van der Waals surface area contributed by atoms with Gasteiger partial charge in [0.25, 0.3) is 0 Å². The zero-order chi connectivity index (χ0) is 12.9. The lowest BCUT2D eigenvalue weighted by molar-refractivity contribution is 0.213. The van der Waals surface area contributed by atoms with Gasteiger partial charge in [-0.05, 0) is 26.9 Å². The number of nitrogens with zero attached hydrogens (tertiary/aromatic N) is 1. The van der Waals surface area contributed by atoms with Crippen LogP contribution in [0.2, 0.25) is 0 Å². The van der Waals surface area contributed by atoms with E-state index in [1.807, 2.05) is 18.8 Å². The van der Waals surface area contributed by atoms with Gasteiger partial charge in [-0.3, -0.25) is 0 Å². The maximum Gasteiger partial charge on any atom is 0.147 e. The van der Waals surface area contributed by atoms with Gasteiger partial charge in [-0.25, -0.2) is 8.42 Å². The molecule has 0 radical (unpaired) electrons. The maximum atomic E-state index is 11.1. The van der Waals surface area contributed by atoms with Gasteiger partial charge < -0.3 is 10.2 Å². The van der Waals surface area contributed by atoms with Crippen molar-refractivity contribution >= 4 is 21.6 Å². The van der Waals surface area contributed by atoms with Gasteiger partial charge >= 0.3 is 0 Å². The van der Waals surface area contributed by atoms with E-state index in [0.717, 1.165) is 25.1 Å². The Kier molecular flexibility index (Phi) is 6.26. The summed E-state index contributed by atoms with van der Waals surface area (Å²) in [5, 5.41) is 3.34. The summed E-state index contributed by atoms with van der Waals surface area (Å²) in [7, 11) is 1.31. The number of likely N-dealkylation sites (N-methyl/N-ethyl adjacent to an activating group) is 2. The van der Waals surface area contributed by atoms with Crippen LogP contribution in [0.1, 0.15) is 12.8 Å². The summed E-state index contributed by atoms with van der Waals surface area (Å²) in [6.07, 6.45) is 2.99. The molecular formula is C11H24N2O2S2. The van der Waals surface area contributed by atoms with E-state index >= 15 is 0 Å². The average molecular weight is 280 g/mol. The van der Waals surface area contributed by atoms with E-state index in [0.29, 0.717) is 17.8 Å². The normalized spacial score (nSPS) is 24.8. The van der Waals surface area contributed by atoms with Crippen molar-refractivity contribution in [1.29, 1.82) is 0 Å². The van der Waals surface area contributed by atoms with Crippen LogP contribution in [0.5, 0.6) is 0 Å². The third-order valence-electron chi connectivity index (χ3n) is 3.31. The molecule has 1 fully saturated rings. The molecule has 1 N–H and O–H groups in total. The molecule has 1 aliphatic heterocycles. The summed E-state index contributed by atoms with van der Waals surface area (Å²) in [5.41, 5.74) is 0. The van der Waals surface area contributed by atoms with E-state index in [2.05, 4.69) is 17.3 Å². The standard InChI is InChI=1S/C11H24N2O2S2/c1-12-10(5-4-8-17(3,14)15)11-9-16-7-6-13(11)2/h10-12H,4-9H2,1-3H3. The van der Waals surface area contributed by atoms with Crippen LogP contribution in [0.3, 0.4) is 0 Å². The van der Waals surface area contributed by atoms with Crippen LogP contribution < -0.4 is 5.32 Å². The second-order valence-electron chi connectivity index (χ2n) is 4.79. The smallest absolute Gasteiger partial charge is 0.147 e. The molecule has 1 aliphatic rings. The molecular weight excluding hydrogens is 256 g/mol. The first-order chi connectivity index (χ1) is 7.94. The van der Waals surface area contributed by atoms with E-state index in [-0.39, 0.29) is 0 Å². The zero-order valence-corrected chi connectivity index (χ0v) is 12.6. The molecule has 0 spiro atoms. The van der Waals surface area contributed by atoms with Crippen molar-refractivity contribution in [1.82, 2.24) is 10.2 Å². The van der Waals surface area contributed by atoms with Crippen molar-refractivity contribution in [2.75, 3.05) is 44.2 Å². The lowest BCUT2D eigenvalue weighted by atomic mass is 10.0. The first kappa shape index (κ1) is 15.3. The van der Waals surface area contributed by atoms with Crippen LogP contribution in [0.4, 0.5) is 0 Å². The summed E-state index contributed by atoms with van der Waals surface area (Å²) in [6, 6.07) is 0.924. The van der Waals surface area contributed by atoms with Gasteiger partial charge in [0.05, 0.1) is 0 Å². The lowest BCUT2D eigenvalue weighted by Gasteiger charge is -2.37. The van der Waals surface area contributed by atoms with Gasteiger partial charge in [-0.2, -0.15) is 11.8 Å². The highest BCUT2D eigenvalue weighted by molar-refractivity contribution is 7.99. The highest BCUT2D eigenvalue weighted by Crippen LogP contribution is 2.19. The molecule has 1 saturated heterocycles. The van der Waals surface area contributed by atoms with E-state index < -0.39 is 9.84 Å². The predicted molar refractivity (Wildman–Crippen MR) is 75.5 cm³/mol. The van der Waals surface area contributed by atoms with Crippen LogP contribution in [-0.2, 0) is 9.84 Å². The fourth-order valence-corrected chi connectivity index (χ4v) is 4.23. The third kappa shape index (κ3) is 5.59. The van der Waals surface area contributed by atoms with Gasteiger partial charge in [0.1, 0.15) is 9.84 Å². The topological polar surface area (TPSA) is 49.4 Å². The van der Waals surface area contributed by atoms with Crippen LogP contribution >= 0.6 is 11.8 Å². The molecule has 17 heavy (non-hydrogen) atoms. The highest BCUT2D eigenvalue weighted by Gasteiger charge is 2.26. The SMILES string of the molecule is CNC(CCCS(C)(=O)=O)C1CSCCN1C. The quantitative estimate of drug-likeness (QED) is 0.765. The molecule has 2 atom stereocenters. The number of hydrogen-bond acceptors (Lipinski definition) is 5. The van der Waals surface area contributed by atoms with Crippen LogP contribution in [-0.4, -0.2) is 69.6 Å². The number of rotatable bonds is 6. The van der Waals surface area contributed by atoms with Crippen molar-refractivity contribution in [2.24, 2.45) is 0 Å². The third-order valence-corrected chi connectivity index (χ3v) is 5.39. The van der Waals surface area contributed by atoms with E-state index in [1.54, 1.807) is 0 Å². The maximum absolute atomic E-state index is 11.1. The van der Waals surface area contributed by atoms with E-state index in [1.165, 1.54) is 12.0 Å². The van der Waals surface area contributed by atoms with Gasteiger partial charge in [-0.15, -0.1) is 0 Å². The number of nitrogens with one attached hydrogen (secondary N) is 1. The molecule has 0 aromatic rings. The van der Waals surface area contributed by atoms with Crippen LogP contribution in [0.15, 0.2) is 0 Å². The van der Waals surface area contributed by atoms with Crippen molar-refractivity contribution in [3.8, 4) is 0 Å². The molecule has 2 unspecified atom stereocenters. The van der Waals surface area contributed by atoms with Gasteiger partial charge in [0, 0.05) is 42.1 Å². The first-order valence-corrected chi connectivity index (χ1v) is 9.28. The number of thioether (sulfide) groups is 1. The molecule has 0 aromatic carbocycles. The first-order valence-electron chi connectivity index (χ1n) is 6.07. The molecule has 0 saturated carbocycles. The van der Waals surface area contributed by atoms with Crippen LogP contribution in [0.25, 0.3) is 0 Å². The minimum Gasteiger partial charge on any atom is -0.315 e. The summed E-state index contributed by atoms with van der Waals surface area (Å²) < 4.78 is 22.2. The van der Waals surface area contributed by atoms with Crippen molar-refractivity contribution < 1.29 is 8.42 Å². The molecule has 0 bridgehead atoms. The largest absolute Gasteiger partial charge is 0.315 e. The van der Waals surface area contributed by atoms with Crippen molar-refractivity contribution in [2.45, 2.75) is 24.9 Å². The highest BCUT2D eigenvalue weighted by atomic mass is 32.2. The molecule has 0 aliphatic carbocycles. The van der Waals surface area contributed by atoms with Crippen molar-refractivity contribution in [3.05, 3.63) is 0 Å². The minimum absolute atomic E-state index is 0.300. The Bertz CT molecular complexity index is 319. The lowest BCUT2D eigenvalue weighted by Crippen LogP contribution is -2.51. The summed E-state index contributed by atoms with van der Waals surface area (Å²) in [4.78, 5) is 2.39. The van der Waals surface area contributed by atoms with Crippen LogP contribution in [0, 0.1) is 0 Å². The summed E-state index contributed by atoms with van der Waals surface area (Å²) >= 11 is 1.99. The second-order valence-corrected chi connectivity index (χ2v) is 8.20. The second kappa shape index (κ2) is 6.97. The minimum atomic E-state index is -2.82. The Hall–Kier alpha value is 0.220. The summed E-state index contributed by atoms with van der Waals surface area (Å²) in [5.74, 6) is 2.64. The molecule has 1 rings (SSSR count). The Labute approximate surface area is 109 Å². The monoisotopic (exact) mass is 280 g/mol. The predicted octanol–water partition coefficient (Wildman–Crippen LogP) is 0.446. The van der Waals surface area contributed by atoms with E-state index in [4.69, 9.17) is 0 Å². The van der Waals surface area contributed by atoms with Crippen molar-refractivity contribution in [3.63, 3.8) is 0 Å². The Balaban J connectivity index is 2.41. The number of hydrogen-bond donors (Lipinski definition) is 1. The Morgan fingerprint density at radius 3 is 2.76 bits per heavy atom. The molecule has 6 heteroatoms. The van der Waals surface area contributed by atoms with Gasteiger partial charge in [0.15, 0.2) is 0 Å². The Morgan fingerprint density at radius 2 is 2.24 bits per heavy atom. The fourth-order valence-electron chi connectivity index (χ4n) is 2.22. The van der Waals surface area contributed by atoms with Gasteiger partial charge in [0.2, 0.25) is 0 Å². The summed E-state index contributed by atoms with van der Waals surface area (Å²) in [6.45, 7) is 1.12. The molecule has 1 heterocycles. The Morgan fingerprint density at radius 1 is 1.53 bits per heavy atom. The molecule has 102 valence electrons. The number of sulfone groups is 1. The zero-order valence-electron chi connectivity index (χ0n) is 11.0. The molecule has 0 aromatic heterocycles. The molecule has 0 amide bonds. The van der Waals surface area contributed by atoms with Gasteiger partial charge in [-0.1, -0.05) is 0 Å². The fraction of sp³-hybridized carbons (Fsp3) is 1.00. The van der Waals surface area contributed by atoms with E-state index in [9.17, 15) is 8.42 Å². The average Bonchev–Trinajstić information content (AvgIpc) is 2.24. The molecule has 4 nitrogen and oxygen atoms in total.